The number of rotatable bonds is 6. The van der Waals surface area contributed by atoms with Gasteiger partial charge in [0, 0.05) is 18.4 Å². The summed E-state index contributed by atoms with van der Waals surface area (Å²) in [6, 6.07) is 18.0. The van der Waals surface area contributed by atoms with Crippen molar-refractivity contribution in [2.75, 3.05) is 26.2 Å². The summed E-state index contributed by atoms with van der Waals surface area (Å²) in [7, 11) is 0. The molecule has 2 nitrogen and oxygen atoms in total. The normalized spacial score (nSPS) is 24.0. The summed E-state index contributed by atoms with van der Waals surface area (Å²) < 4.78 is 6.42. The first kappa shape index (κ1) is 15.9. The average Bonchev–Trinajstić information content (AvgIpc) is 2.65. The highest BCUT2D eigenvalue weighted by Crippen LogP contribution is 2.53. The molecule has 126 valence electrons. The summed E-state index contributed by atoms with van der Waals surface area (Å²) in [5, 5.41) is 0. The average molecular weight is 321 g/mol. The van der Waals surface area contributed by atoms with Crippen LogP contribution in [0.2, 0.25) is 0 Å². The number of ether oxygens (including phenoxy) is 1. The van der Waals surface area contributed by atoms with Gasteiger partial charge >= 0.3 is 0 Å². The summed E-state index contributed by atoms with van der Waals surface area (Å²) >= 11 is 0. The highest BCUT2D eigenvalue weighted by atomic mass is 16.5. The molecule has 3 aliphatic carbocycles. The molecule has 0 fully saturated rings. The van der Waals surface area contributed by atoms with E-state index in [0.29, 0.717) is 17.9 Å². The number of hydrogen-bond donors (Lipinski definition) is 0. The molecule has 3 aliphatic rings. The summed E-state index contributed by atoms with van der Waals surface area (Å²) in [5.41, 5.74) is 6.01. The molecule has 24 heavy (non-hydrogen) atoms. The van der Waals surface area contributed by atoms with Crippen LogP contribution in [0, 0.1) is 0 Å². The molecule has 0 amide bonds. The van der Waals surface area contributed by atoms with Gasteiger partial charge < -0.3 is 9.64 Å². The summed E-state index contributed by atoms with van der Waals surface area (Å²) in [4.78, 5) is 2.43. The van der Waals surface area contributed by atoms with Crippen molar-refractivity contribution in [2.24, 2.45) is 0 Å². The largest absolute Gasteiger partial charge is 0.376 e. The van der Waals surface area contributed by atoms with Crippen molar-refractivity contribution in [1.82, 2.24) is 4.90 Å². The Hall–Kier alpha value is -1.64. The maximum Gasteiger partial charge on any atom is 0.0694 e. The molecule has 0 heterocycles. The Kier molecular flexibility index (Phi) is 4.43. The number of hydrogen-bond acceptors (Lipinski definition) is 2. The van der Waals surface area contributed by atoms with E-state index in [4.69, 9.17) is 4.74 Å². The van der Waals surface area contributed by atoms with Crippen LogP contribution in [0.3, 0.4) is 0 Å². The molecule has 0 spiro atoms. The molecule has 2 aromatic carbocycles. The Morgan fingerprint density at radius 3 is 1.96 bits per heavy atom. The van der Waals surface area contributed by atoms with Gasteiger partial charge in [-0.1, -0.05) is 62.4 Å². The summed E-state index contributed by atoms with van der Waals surface area (Å²) in [6.07, 6.45) is 1.44. The van der Waals surface area contributed by atoms with Gasteiger partial charge in [0.1, 0.15) is 0 Å². The van der Waals surface area contributed by atoms with Gasteiger partial charge in [-0.3, -0.25) is 0 Å². The van der Waals surface area contributed by atoms with Gasteiger partial charge in [-0.05, 0) is 41.8 Å². The maximum absolute atomic E-state index is 6.42. The quantitative estimate of drug-likeness (QED) is 0.782. The third-order valence-corrected chi connectivity index (χ3v) is 5.89. The minimum Gasteiger partial charge on any atom is -0.376 e. The predicted molar refractivity (Wildman–Crippen MR) is 98.7 cm³/mol. The van der Waals surface area contributed by atoms with Crippen LogP contribution in [-0.2, 0) is 4.74 Å². The molecule has 0 saturated carbocycles. The van der Waals surface area contributed by atoms with Crippen LogP contribution in [-0.4, -0.2) is 37.2 Å². The number of benzene rings is 2. The number of likely N-dealkylation sites (N-methyl/N-ethyl adjacent to an activating group) is 1. The Morgan fingerprint density at radius 2 is 1.42 bits per heavy atom. The van der Waals surface area contributed by atoms with Crippen molar-refractivity contribution in [3.63, 3.8) is 0 Å². The second kappa shape index (κ2) is 6.70. The van der Waals surface area contributed by atoms with E-state index >= 15 is 0 Å². The molecule has 0 aliphatic heterocycles. The highest BCUT2D eigenvalue weighted by Gasteiger charge is 2.43. The van der Waals surface area contributed by atoms with E-state index in [-0.39, 0.29) is 0 Å². The molecule has 2 bridgehead atoms. The van der Waals surface area contributed by atoms with Gasteiger partial charge in [-0.2, -0.15) is 0 Å². The van der Waals surface area contributed by atoms with Crippen molar-refractivity contribution in [2.45, 2.75) is 38.2 Å². The zero-order valence-electron chi connectivity index (χ0n) is 14.7. The van der Waals surface area contributed by atoms with E-state index in [9.17, 15) is 0 Å². The van der Waals surface area contributed by atoms with E-state index in [1.54, 1.807) is 0 Å². The molecular weight excluding hydrogens is 294 g/mol. The molecule has 1 unspecified atom stereocenters. The SMILES string of the molecule is CCN(CC)CCOC1CC2c3ccccc3C1c1ccccc12. The van der Waals surface area contributed by atoms with Gasteiger partial charge in [-0.15, -0.1) is 0 Å². The third-order valence-electron chi connectivity index (χ3n) is 5.89. The van der Waals surface area contributed by atoms with E-state index < -0.39 is 0 Å². The van der Waals surface area contributed by atoms with Gasteiger partial charge in [0.05, 0.1) is 12.7 Å². The van der Waals surface area contributed by atoms with E-state index in [1.165, 1.54) is 22.3 Å². The molecule has 2 heteroatoms. The maximum atomic E-state index is 6.42. The summed E-state index contributed by atoms with van der Waals surface area (Å²) in [5.74, 6) is 0.903. The lowest BCUT2D eigenvalue weighted by molar-refractivity contribution is 0.0128. The molecule has 2 aromatic rings. The molecule has 0 N–H and O–H groups in total. The Balaban J connectivity index is 1.59. The first-order chi connectivity index (χ1) is 11.8. The minimum absolute atomic E-state index is 0.315. The second-order valence-corrected chi connectivity index (χ2v) is 6.96. The molecule has 5 rings (SSSR count). The van der Waals surface area contributed by atoms with Crippen molar-refractivity contribution < 1.29 is 4.74 Å². The molecule has 0 saturated heterocycles. The second-order valence-electron chi connectivity index (χ2n) is 6.96. The van der Waals surface area contributed by atoms with Crippen LogP contribution in [0.4, 0.5) is 0 Å². The Bertz CT molecular complexity index is 659. The van der Waals surface area contributed by atoms with Crippen molar-refractivity contribution in [3.8, 4) is 0 Å². The van der Waals surface area contributed by atoms with E-state index in [1.807, 2.05) is 0 Å². The Morgan fingerprint density at radius 1 is 0.875 bits per heavy atom. The van der Waals surface area contributed by atoms with E-state index in [2.05, 4.69) is 67.3 Å². The van der Waals surface area contributed by atoms with Crippen LogP contribution in [0.25, 0.3) is 0 Å². The standard InChI is InChI=1S/C22H27NO/c1-3-23(4-2)13-14-24-21-15-20-16-9-5-7-11-18(16)22(21)19-12-8-6-10-17(19)20/h5-12,20-22H,3-4,13-15H2,1-2H3. The minimum atomic E-state index is 0.315. The molecular formula is C22H27NO. The lowest BCUT2D eigenvalue weighted by Gasteiger charge is -2.45. The lowest BCUT2D eigenvalue weighted by Crippen LogP contribution is -2.38. The fourth-order valence-corrected chi connectivity index (χ4v) is 4.62. The number of nitrogens with zero attached hydrogens (tertiary/aromatic N) is 1. The monoisotopic (exact) mass is 321 g/mol. The smallest absolute Gasteiger partial charge is 0.0694 e. The predicted octanol–water partition coefficient (Wildman–Crippen LogP) is 4.39. The first-order valence-electron chi connectivity index (χ1n) is 9.35. The fourth-order valence-electron chi connectivity index (χ4n) is 4.62. The van der Waals surface area contributed by atoms with Gasteiger partial charge in [0.15, 0.2) is 0 Å². The van der Waals surface area contributed by atoms with Crippen LogP contribution >= 0.6 is 0 Å². The highest BCUT2D eigenvalue weighted by molar-refractivity contribution is 5.56. The lowest BCUT2D eigenvalue weighted by atomic mass is 9.62. The molecule has 0 aromatic heterocycles. The first-order valence-corrected chi connectivity index (χ1v) is 9.35. The fraction of sp³-hybridized carbons (Fsp3) is 0.455. The van der Waals surface area contributed by atoms with Crippen molar-refractivity contribution in [3.05, 3.63) is 70.8 Å². The van der Waals surface area contributed by atoms with Crippen LogP contribution in [0.5, 0.6) is 0 Å². The third kappa shape index (κ3) is 2.58. The van der Waals surface area contributed by atoms with Crippen LogP contribution in [0.1, 0.15) is 54.4 Å². The van der Waals surface area contributed by atoms with Crippen molar-refractivity contribution in [1.29, 1.82) is 0 Å². The zero-order chi connectivity index (χ0) is 16.5. The van der Waals surface area contributed by atoms with Gasteiger partial charge in [0.2, 0.25) is 0 Å². The van der Waals surface area contributed by atoms with Crippen LogP contribution < -0.4 is 0 Å². The van der Waals surface area contributed by atoms with Crippen molar-refractivity contribution >= 4 is 0 Å². The Labute approximate surface area is 145 Å². The zero-order valence-corrected chi connectivity index (χ0v) is 14.7. The topological polar surface area (TPSA) is 12.5 Å². The van der Waals surface area contributed by atoms with Crippen LogP contribution in [0.15, 0.2) is 48.5 Å². The molecule has 0 radical (unpaired) electrons. The van der Waals surface area contributed by atoms with Gasteiger partial charge in [-0.25, -0.2) is 0 Å². The number of fused-ring (bicyclic) bond motifs is 1. The van der Waals surface area contributed by atoms with Gasteiger partial charge in [0.25, 0.3) is 0 Å². The molecule has 1 atom stereocenters. The summed E-state index contributed by atoms with van der Waals surface area (Å²) in [6.45, 7) is 8.51. The van der Waals surface area contributed by atoms with E-state index in [0.717, 1.165) is 32.7 Å².